The lowest BCUT2D eigenvalue weighted by Gasteiger charge is -2.44. The Morgan fingerprint density at radius 1 is 1.30 bits per heavy atom. The zero-order valence-corrected chi connectivity index (χ0v) is 15.3. The SMILES string of the molecule is CNC[C@H](C)C[C@](NC)(O[Si](C)(C)C(C)(C)C)C(=O)O. The molecule has 3 N–H and O–H groups in total. The molecule has 0 aliphatic carbocycles. The molecule has 0 unspecified atom stereocenters. The van der Waals surface area contributed by atoms with E-state index in [-0.39, 0.29) is 11.0 Å². The summed E-state index contributed by atoms with van der Waals surface area (Å²) in [5.74, 6) is -0.735. The highest BCUT2D eigenvalue weighted by Crippen LogP contribution is 2.39. The van der Waals surface area contributed by atoms with Crippen LogP contribution in [0.3, 0.4) is 0 Å². The summed E-state index contributed by atoms with van der Waals surface area (Å²) in [4.78, 5) is 11.8. The topological polar surface area (TPSA) is 70.6 Å². The predicted molar refractivity (Wildman–Crippen MR) is 85.4 cm³/mol. The standard InChI is InChI=1S/C14H32N2O3Si/c1-11(10-15-5)9-14(16-6,12(17)18)19-20(7,8)13(2,3)4/h11,15-16H,9-10H2,1-8H3,(H,17,18)/t11-,14+/m1/s1. The summed E-state index contributed by atoms with van der Waals surface area (Å²) in [6.07, 6.45) is 0.437. The van der Waals surface area contributed by atoms with E-state index in [1.54, 1.807) is 7.05 Å². The molecule has 0 heterocycles. The van der Waals surface area contributed by atoms with Crippen LogP contribution in [0.4, 0.5) is 0 Å². The van der Waals surface area contributed by atoms with E-state index in [9.17, 15) is 9.90 Å². The number of carbonyl (C=O) groups is 1. The summed E-state index contributed by atoms with van der Waals surface area (Å²) >= 11 is 0. The van der Waals surface area contributed by atoms with Crippen LogP contribution in [0.25, 0.3) is 0 Å². The maximum Gasteiger partial charge on any atom is 0.350 e. The number of rotatable bonds is 8. The fourth-order valence-corrected chi connectivity index (χ4v) is 3.38. The van der Waals surface area contributed by atoms with E-state index in [1.165, 1.54) is 0 Å². The molecule has 2 atom stereocenters. The zero-order valence-electron chi connectivity index (χ0n) is 14.3. The molecule has 0 spiro atoms. The molecule has 0 aromatic rings. The monoisotopic (exact) mass is 304 g/mol. The Morgan fingerprint density at radius 3 is 2.10 bits per heavy atom. The van der Waals surface area contributed by atoms with Gasteiger partial charge in [0.05, 0.1) is 0 Å². The Balaban J connectivity index is 5.30. The van der Waals surface area contributed by atoms with E-state index in [4.69, 9.17) is 4.43 Å². The maximum atomic E-state index is 11.8. The van der Waals surface area contributed by atoms with Crippen molar-refractivity contribution in [2.45, 2.75) is 58.0 Å². The zero-order chi connectivity index (χ0) is 16.2. The van der Waals surface area contributed by atoms with Crippen molar-refractivity contribution in [3.8, 4) is 0 Å². The van der Waals surface area contributed by atoms with Gasteiger partial charge in [0.2, 0.25) is 5.72 Å². The molecule has 0 aliphatic rings. The second kappa shape index (κ2) is 7.02. The molecular weight excluding hydrogens is 272 g/mol. The molecule has 0 rings (SSSR count). The molecule has 0 aliphatic heterocycles. The quantitative estimate of drug-likeness (QED) is 0.474. The second-order valence-electron chi connectivity index (χ2n) is 7.11. The minimum absolute atomic E-state index is 0.0310. The van der Waals surface area contributed by atoms with Gasteiger partial charge < -0.3 is 14.8 Å². The molecule has 0 aromatic heterocycles. The second-order valence-corrected chi connectivity index (χ2v) is 11.8. The van der Waals surface area contributed by atoms with E-state index >= 15 is 0 Å². The molecular formula is C14H32N2O3Si. The van der Waals surface area contributed by atoms with Crippen molar-refractivity contribution in [3.05, 3.63) is 0 Å². The highest BCUT2D eigenvalue weighted by atomic mass is 28.4. The van der Waals surface area contributed by atoms with Crippen molar-refractivity contribution in [2.75, 3.05) is 20.6 Å². The number of likely N-dealkylation sites (N-methyl/N-ethyl adjacent to an activating group) is 1. The number of aliphatic carboxylic acids is 1. The van der Waals surface area contributed by atoms with E-state index in [0.717, 1.165) is 6.54 Å². The number of carboxylic acids is 1. The first-order valence-electron chi connectivity index (χ1n) is 7.19. The summed E-state index contributed by atoms with van der Waals surface area (Å²) in [6, 6.07) is 0. The van der Waals surface area contributed by atoms with Crippen LogP contribution < -0.4 is 10.6 Å². The fraction of sp³-hybridized carbons (Fsp3) is 0.929. The Bertz CT molecular complexity index is 329. The largest absolute Gasteiger partial charge is 0.478 e. The van der Waals surface area contributed by atoms with Gasteiger partial charge in [0.25, 0.3) is 0 Å². The summed E-state index contributed by atoms with van der Waals surface area (Å²) in [5, 5.41) is 15.7. The van der Waals surface area contributed by atoms with E-state index in [2.05, 4.69) is 44.5 Å². The third-order valence-electron chi connectivity index (χ3n) is 4.17. The normalized spacial score (nSPS) is 17.6. The van der Waals surface area contributed by atoms with Gasteiger partial charge in [-0.1, -0.05) is 27.7 Å². The molecule has 0 amide bonds. The molecule has 6 heteroatoms. The van der Waals surface area contributed by atoms with E-state index in [0.29, 0.717) is 6.42 Å². The van der Waals surface area contributed by atoms with Gasteiger partial charge in [0, 0.05) is 6.42 Å². The number of hydrogen-bond donors (Lipinski definition) is 3. The first-order chi connectivity index (χ1) is 8.92. The van der Waals surface area contributed by atoms with Crippen LogP contribution >= 0.6 is 0 Å². The van der Waals surface area contributed by atoms with Gasteiger partial charge in [-0.3, -0.25) is 5.32 Å². The average molecular weight is 305 g/mol. The van der Waals surface area contributed by atoms with Gasteiger partial charge >= 0.3 is 5.97 Å². The molecule has 0 aromatic carbocycles. The van der Waals surface area contributed by atoms with Gasteiger partial charge in [-0.25, -0.2) is 4.79 Å². The van der Waals surface area contributed by atoms with Gasteiger partial charge in [0.15, 0.2) is 8.32 Å². The van der Waals surface area contributed by atoms with Crippen LogP contribution in [0.2, 0.25) is 18.1 Å². The van der Waals surface area contributed by atoms with Gasteiger partial charge in [-0.15, -0.1) is 0 Å². The third kappa shape index (κ3) is 4.84. The lowest BCUT2D eigenvalue weighted by atomic mass is 9.98. The predicted octanol–water partition coefficient (Wildman–Crippen LogP) is 2.25. The average Bonchev–Trinajstić information content (AvgIpc) is 2.26. The lowest BCUT2D eigenvalue weighted by Crippen LogP contribution is -2.61. The van der Waals surface area contributed by atoms with Crippen LogP contribution in [0.1, 0.15) is 34.1 Å². The van der Waals surface area contributed by atoms with Crippen LogP contribution in [0, 0.1) is 5.92 Å². The van der Waals surface area contributed by atoms with Crippen molar-refractivity contribution < 1.29 is 14.3 Å². The van der Waals surface area contributed by atoms with Gasteiger partial charge in [0.1, 0.15) is 0 Å². The molecule has 0 bridgehead atoms. The molecule has 5 nitrogen and oxygen atoms in total. The molecule has 120 valence electrons. The highest BCUT2D eigenvalue weighted by Gasteiger charge is 2.48. The van der Waals surface area contributed by atoms with Crippen molar-refractivity contribution in [1.29, 1.82) is 0 Å². The fourth-order valence-electron chi connectivity index (χ4n) is 1.93. The number of nitrogens with one attached hydrogen (secondary N) is 2. The van der Waals surface area contributed by atoms with Gasteiger partial charge in [-0.2, -0.15) is 0 Å². The Kier molecular flexibility index (Phi) is 6.87. The summed E-state index contributed by atoms with van der Waals surface area (Å²) in [6.45, 7) is 13.3. The van der Waals surface area contributed by atoms with Crippen LogP contribution in [-0.2, 0) is 9.22 Å². The summed E-state index contributed by atoms with van der Waals surface area (Å²) in [7, 11) is 1.35. The Morgan fingerprint density at radius 2 is 1.80 bits per heavy atom. The highest BCUT2D eigenvalue weighted by molar-refractivity contribution is 6.74. The van der Waals surface area contributed by atoms with Crippen LogP contribution in [-0.4, -0.2) is 45.8 Å². The Labute approximate surface area is 124 Å². The van der Waals surface area contributed by atoms with Gasteiger partial charge in [-0.05, 0) is 44.7 Å². The molecule has 20 heavy (non-hydrogen) atoms. The van der Waals surface area contributed by atoms with Crippen molar-refractivity contribution in [2.24, 2.45) is 5.92 Å². The van der Waals surface area contributed by atoms with Crippen LogP contribution in [0.15, 0.2) is 0 Å². The van der Waals surface area contributed by atoms with Crippen LogP contribution in [0.5, 0.6) is 0 Å². The van der Waals surface area contributed by atoms with E-state index < -0.39 is 20.0 Å². The minimum Gasteiger partial charge on any atom is -0.478 e. The molecule has 0 radical (unpaired) electrons. The maximum absolute atomic E-state index is 11.8. The smallest absolute Gasteiger partial charge is 0.350 e. The van der Waals surface area contributed by atoms with Crippen molar-refractivity contribution >= 4 is 14.3 Å². The first-order valence-corrected chi connectivity index (χ1v) is 10.1. The van der Waals surface area contributed by atoms with Crippen molar-refractivity contribution in [3.63, 3.8) is 0 Å². The third-order valence-corrected chi connectivity index (χ3v) is 8.64. The van der Waals surface area contributed by atoms with Crippen molar-refractivity contribution in [1.82, 2.24) is 10.6 Å². The summed E-state index contributed by atoms with van der Waals surface area (Å²) < 4.78 is 6.22. The minimum atomic E-state index is -2.18. The van der Waals surface area contributed by atoms with E-state index in [1.807, 2.05) is 14.0 Å². The Hall–Kier alpha value is -0.433. The first kappa shape index (κ1) is 19.6. The molecule has 0 saturated carbocycles. The summed E-state index contributed by atoms with van der Waals surface area (Å²) in [5.41, 5.74) is -1.31. The lowest BCUT2D eigenvalue weighted by molar-refractivity contribution is -0.161. The number of carboxylic acid groups (broad SMARTS) is 1. The molecule has 0 fully saturated rings. The molecule has 0 saturated heterocycles. The number of hydrogen-bond acceptors (Lipinski definition) is 4.